The van der Waals surface area contributed by atoms with E-state index in [1.807, 2.05) is 42.5 Å². The molecule has 3 heterocycles. The Bertz CT molecular complexity index is 2330. The lowest BCUT2D eigenvalue weighted by atomic mass is 9.97. The zero-order valence-electron chi connectivity index (χ0n) is 26.2. The lowest BCUT2D eigenvalue weighted by Crippen LogP contribution is -2.00. The number of rotatable bonds is 8. The molecule has 0 N–H and O–H groups in total. The number of pyridine rings is 1. The second-order valence-corrected chi connectivity index (χ2v) is 11.7. The van der Waals surface area contributed by atoms with Gasteiger partial charge in [-0.25, -0.2) is 4.98 Å². The first-order chi connectivity index (χ1) is 23.7. The van der Waals surface area contributed by atoms with Crippen LogP contribution in [0.4, 0.5) is 0 Å². The molecule has 0 atom stereocenters. The molecule has 0 bridgehead atoms. The Kier molecular flexibility index (Phi) is 7.68. The van der Waals surface area contributed by atoms with Crippen LogP contribution in [-0.2, 0) is 0 Å². The van der Waals surface area contributed by atoms with Crippen molar-refractivity contribution in [3.8, 4) is 73.3 Å². The van der Waals surface area contributed by atoms with Gasteiger partial charge in [0.15, 0.2) is 0 Å². The fourth-order valence-corrected chi connectivity index (χ4v) is 6.64. The van der Waals surface area contributed by atoms with Gasteiger partial charge in [-0.05, 0) is 83.9 Å². The number of hydrogen-bond donors (Lipinski definition) is 0. The van der Waals surface area contributed by atoms with Crippen LogP contribution < -0.4 is 9.47 Å². The van der Waals surface area contributed by atoms with E-state index in [-0.39, 0.29) is 0 Å². The molecule has 3 aromatic heterocycles. The number of hydrogen-bond acceptors (Lipinski definition) is 7. The third-order valence-electron chi connectivity index (χ3n) is 8.48. The van der Waals surface area contributed by atoms with Gasteiger partial charge >= 0.3 is 0 Å². The Morgan fingerprint density at radius 2 is 1.04 bits per heavy atom. The van der Waals surface area contributed by atoms with E-state index in [1.54, 1.807) is 26.6 Å². The van der Waals surface area contributed by atoms with E-state index in [1.165, 1.54) is 11.7 Å². The van der Waals surface area contributed by atoms with Crippen LogP contribution in [0.3, 0.4) is 0 Å². The normalized spacial score (nSPS) is 11.1. The maximum absolute atomic E-state index is 5.49. The molecule has 7 nitrogen and oxygen atoms in total. The van der Waals surface area contributed by atoms with Crippen molar-refractivity contribution < 1.29 is 9.47 Å². The first-order valence-corrected chi connectivity index (χ1v) is 16.2. The summed E-state index contributed by atoms with van der Waals surface area (Å²) < 4.78 is 22.6. The van der Waals surface area contributed by atoms with Crippen molar-refractivity contribution in [3.05, 3.63) is 140 Å². The molecule has 0 aliphatic heterocycles. The monoisotopic (exact) mass is 643 g/mol. The number of fused-ring (bicyclic) bond motifs is 1. The quantitative estimate of drug-likeness (QED) is 0.164. The van der Waals surface area contributed by atoms with Crippen LogP contribution in [0.5, 0.6) is 11.5 Å². The van der Waals surface area contributed by atoms with Crippen molar-refractivity contribution in [2.24, 2.45) is 0 Å². The van der Waals surface area contributed by atoms with Crippen LogP contribution in [0, 0.1) is 0 Å². The van der Waals surface area contributed by atoms with Gasteiger partial charge in [-0.1, -0.05) is 54.6 Å². The first kappa shape index (κ1) is 29.3. The number of aromatic nitrogens is 5. The van der Waals surface area contributed by atoms with Crippen LogP contribution in [0.2, 0.25) is 0 Å². The standard InChI is InChI=1S/C40H29N5O2S/c1-46-32-16-12-28(13-17-32)36-39(29-14-18-33(47-2)19-15-29)45(31-6-4-3-5-7-31)40(42-36)30-10-8-26(9-11-30)34-20-21-35(27-22-24-41-25-23-27)38-37(34)43-48-44-38/h3-25H,1-2H3. The predicted molar refractivity (Wildman–Crippen MR) is 193 cm³/mol. The molecule has 8 aromatic rings. The molecular formula is C40H29N5O2S. The first-order valence-electron chi connectivity index (χ1n) is 15.5. The summed E-state index contributed by atoms with van der Waals surface area (Å²) in [6.07, 6.45) is 3.60. The molecule has 232 valence electrons. The van der Waals surface area contributed by atoms with Gasteiger partial charge in [0.2, 0.25) is 0 Å². The van der Waals surface area contributed by atoms with Crippen molar-refractivity contribution in [3.63, 3.8) is 0 Å². The highest BCUT2D eigenvalue weighted by atomic mass is 32.1. The Balaban J connectivity index is 1.29. The minimum absolute atomic E-state index is 0.793. The summed E-state index contributed by atoms with van der Waals surface area (Å²) in [6.45, 7) is 0. The van der Waals surface area contributed by atoms with Crippen molar-refractivity contribution in [1.29, 1.82) is 0 Å². The SMILES string of the molecule is COc1ccc(-c2nc(-c3ccc(-c4ccc(-c5ccncc5)c5nsnc45)cc3)n(-c3ccccc3)c2-c2ccc(OC)cc2)cc1. The summed E-state index contributed by atoms with van der Waals surface area (Å²) in [5.74, 6) is 2.42. The third kappa shape index (κ3) is 5.28. The highest BCUT2D eigenvalue weighted by Crippen LogP contribution is 2.40. The van der Waals surface area contributed by atoms with Gasteiger partial charge in [-0.15, -0.1) is 0 Å². The minimum Gasteiger partial charge on any atom is -0.497 e. The Morgan fingerprint density at radius 1 is 0.521 bits per heavy atom. The number of para-hydroxylation sites is 1. The molecule has 48 heavy (non-hydrogen) atoms. The summed E-state index contributed by atoms with van der Waals surface area (Å²) in [5, 5.41) is 0. The molecule has 0 saturated heterocycles. The van der Waals surface area contributed by atoms with Crippen molar-refractivity contribution in [1.82, 2.24) is 23.3 Å². The summed E-state index contributed by atoms with van der Waals surface area (Å²) >= 11 is 1.23. The Morgan fingerprint density at radius 3 is 1.62 bits per heavy atom. The van der Waals surface area contributed by atoms with Crippen molar-refractivity contribution >= 4 is 22.8 Å². The maximum Gasteiger partial charge on any atom is 0.145 e. The van der Waals surface area contributed by atoms with E-state index < -0.39 is 0 Å². The molecule has 0 radical (unpaired) electrons. The Hall–Kier alpha value is -6.12. The van der Waals surface area contributed by atoms with E-state index in [4.69, 9.17) is 18.8 Å². The van der Waals surface area contributed by atoms with Crippen molar-refractivity contribution in [2.75, 3.05) is 14.2 Å². The number of methoxy groups -OCH3 is 2. The van der Waals surface area contributed by atoms with Gasteiger partial charge in [0.05, 0.1) is 37.3 Å². The topological polar surface area (TPSA) is 75.0 Å². The average molecular weight is 644 g/mol. The Labute approximate surface area is 282 Å². The number of nitrogens with zero attached hydrogens (tertiary/aromatic N) is 5. The molecule has 0 saturated carbocycles. The summed E-state index contributed by atoms with van der Waals surface area (Å²) in [5.41, 5.74) is 11.8. The van der Waals surface area contributed by atoms with Crippen molar-refractivity contribution in [2.45, 2.75) is 0 Å². The molecule has 0 fully saturated rings. The van der Waals surface area contributed by atoms with Crippen LogP contribution >= 0.6 is 11.7 Å². The van der Waals surface area contributed by atoms with Crippen LogP contribution in [0.25, 0.3) is 72.9 Å². The molecule has 8 heteroatoms. The van der Waals surface area contributed by atoms with E-state index in [2.05, 4.69) is 98.9 Å². The molecule has 5 aromatic carbocycles. The minimum atomic E-state index is 0.793. The highest BCUT2D eigenvalue weighted by Gasteiger charge is 2.23. The lowest BCUT2D eigenvalue weighted by Gasteiger charge is -2.14. The molecule has 0 aliphatic rings. The molecule has 0 spiro atoms. The molecule has 8 rings (SSSR count). The summed E-state index contributed by atoms with van der Waals surface area (Å²) in [6, 6.07) is 43.3. The lowest BCUT2D eigenvalue weighted by molar-refractivity contribution is 0.414. The largest absolute Gasteiger partial charge is 0.497 e. The molecule has 0 aliphatic carbocycles. The number of imidazole rings is 1. The third-order valence-corrected chi connectivity index (χ3v) is 9.01. The van der Waals surface area contributed by atoms with Gasteiger partial charge in [-0.2, -0.15) is 8.75 Å². The van der Waals surface area contributed by atoms with Gasteiger partial charge < -0.3 is 9.47 Å². The zero-order valence-corrected chi connectivity index (χ0v) is 27.1. The predicted octanol–water partition coefficient (Wildman–Crippen LogP) is 9.62. The van der Waals surface area contributed by atoms with E-state index in [0.717, 1.165) is 84.4 Å². The van der Waals surface area contributed by atoms with Gasteiger partial charge in [0.1, 0.15) is 28.4 Å². The highest BCUT2D eigenvalue weighted by molar-refractivity contribution is 7.00. The van der Waals surface area contributed by atoms with Gasteiger partial charge in [0.25, 0.3) is 0 Å². The molecule has 0 amide bonds. The van der Waals surface area contributed by atoms with Crippen LogP contribution in [-0.4, -0.2) is 37.5 Å². The fourth-order valence-electron chi connectivity index (χ4n) is 6.07. The van der Waals surface area contributed by atoms with E-state index >= 15 is 0 Å². The van der Waals surface area contributed by atoms with Crippen LogP contribution in [0.1, 0.15) is 0 Å². The average Bonchev–Trinajstić information content (AvgIpc) is 3.82. The second-order valence-electron chi connectivity index (χ2n) is 11.2. The fraction of sp³-hybridized carbons (Fsp3) is 0.0500. The second kappa shape index (κ2) is 12.6. The van der Waals surface area contributed by atoms with E-state index in [9.17, 15) is 0 Å². The zero-order chi connectivity index (χ0) is 32.5. The summed E-state index contributed by atoms with van der Waals surface area (Å²) in [4.78, 5) is 9.52. The number of ether oxygens (including phenoxy) is 2. The maximum atomic E-state index is 5.49. The molecular weight excluding hydrogens is 615 g/mol. The van der Waals surface area contributed by atoms with Crippen LogP contribution in [0.15, 0.2) is 140 Å². The van der Waals surface area contributed by atoms with Gasteiger partial charge in [-0.3, -0.25) is 9.55 Å². The number of benzene rings is 5. The van der Waals surface area contributed by atoms with Gasteiger partial charge in [0, 0.05) is 45.9 Å². The summed E-state index contributed by atoms with van der Waals surface area (Å²) in [7, 11) is 3.36. The smallest absolute Gasteiger partial charge is 0.145 e. The van der Waals surface area contributed by atoms with E-state index in [0.29, 0.717) is 0 Å². The molecule has 0 unspecified atom stereocenters.